The van der Waals surface area contributed by atoms with Gasteiger partial charge in [0.2, 0.25) is 0 Å². The molecule has 1 aromatic carbocycles. The molecule has 0 amide bonds. The molecule has 1 rings (SSSR count). The van der Waals surface area contributed by atoms with Crippen molar-refractivity contribution in [1.82, 2.24) is 0 Å². The first kappa shape index (κ1) is 13.0. The standard InChI is InChI=1S/C11H15BrO2S/c12-7-8-3-1-2-4-9(8)11(14)10(13)5-6-15/h1-4,10-11,13-15H,5-7H2. The molecule has 84 valence electrons. The van der Waals surface area contributed by atoms with E-state index in [1.165, 1.54) is 0 Å². The van der Waals surface area contributed by atoms with Crippen molar-refractivity contribution in [3.63, 3.8) is 0 Å². The van der Waals surface area contributed by atoms with Crippen LogP contribution in [0.15, 0.2) is 24.3 Å². The molecule has 0 fully saturated rings. The molecule has 0 bridgehead atoms. The maximum absolute atomic E-state index is 9.93. The average Bonchev–Trinajstić information content (AvgIpc) is 2.28. The second kappa shape index (κ2) is 6.53. The zero-order valence-electron chi connectivity index (χ0n) is 8.31. The summed E-state index contributed by atoms with van der Waals surface area (Å²) in [6.45, 7) is 0. The number of rotatable bonds is 5. The van der Waals surface area contributed by atoms with Crippen molar-refractivity contribution in [2.45, 2.75) is 24.0 Å². The number of thiol groups is 1. The third kappa shape index (κ3) is 3.48. The highest BCUT2D eigenvalue weighted by Crippen LogP contribution is 2.24. The molecule has 2 atom stereocenters. The third-order valence-corrected chi connectivity index (χ3v) is 3.17. The molecular weight excluding hydrogens is 276 g/mol. The number of hydrogen-bond acceptors (Lipinski definition) is 3. The lowest BCUT2D eigenvalue weighted by atomic mass is 9.98. The second-order valence-electron chi connectivity index (χ2n) is 3.36. The lowest BCUT2D eigenvalue weighted by Gasteiger charge is -2.19. The van der Waals surface area contributed by atoms with Gasteiger partial charge < -0.3 is 10.2 Å². The number of aliphatic hydroxyl groups excluding tert-OH is 2. The fourth-order valence-corrected chi connectivity index (χ4v) is 2.22. The summed E-state index contributed by atoms with van der Waals surface area (Å²) in [5, 5.41) is 20.3. The predicted molar refractivity (Wildman–Crippen MR) is 68.5 cm³/mol. The van der Waals surface area contributed by atoms with Gasteiger partial charge in [0.05, 0.1) is 6.10 Å². The summed E-state index contributed by atoms with van der Waals surface area (Å²) in [6, 6.07) is 7.54. The smallest absolute Gasteiger partial charge is 0.105 e. The Morgan fingerprint density at radius 1 is 1.27 bits per heavy atom. The molecular formula is C11H15BrO2S. The van der Waals surface area contributed by atoms with Crippen molar-refractivity contribution < 1.29 is 10.2 Å². The molecule has 1 aromatic rings. The molecule has 0 aromatic heterocycles. The Morgan fingerprint density at radius 3 is 2.53 bits per heavy atom. The fraction of sp³-hybridized carbons (Fsp3) is 0.455. The molecule has 0 radical (unpaired) electrons. The predicted octanol–water partition coefficient (Wildman–Crippen LogP) is 2.30. The maximum atomic E-state index is 9.93. The number of benzene rings is 1. The zero-order chi connectivity index (χ0) is 11.3. The van der Waals surface area contributed by atoms with Gasteiger partial charge in [-0.05, 0) is 23.3 Å². The molecule has 0 aliphatic carbocycles. The SMILES string of the molecule is OC(CCS)C(O)c1ccccc1CBr. The van der Waals surface area contributed by atoms with E-state index in [9.17, 15) is 10.2 Å². The van der Waals surface area contributed by atoms with Gasteiger partial charge in [0.1, 0.15) is 6.10 Å². The minimum atomic E-state index is -0.828. The highest BCUT2D eigenvalue weighted by atomic mass is 79.9. The maximum Gasteiger partial charge on any atom is 0.105 e. The van der Waals surface area contributed by atoms with Gasteiger partial charge in [-0.1, -0.05) is 40.2 Å². The van der Waals surface area contributed by atoms with Crippen molar-refractivity contribution in [3.8, 4) is 0 Å². The monoisotopic (exact) mass is 290 g/mol. The molecule has 0 saturated heterocycles. The van der Waals surface area contributed by atoms with Crippen molar-refractivity contribution in [2.75, 3.05) is 5.75 Å². The van der Waals surface area contributed by atoms with E-state index in [0.29, 0.717) is 17.5 Å². The first-order chi connectivity index (χ1) is 7.20. The van der Waals surface area contributed by atoms with Crippen LogP contribution >= 0.6 is 28.6 Å². The molecule has 2 N–H and O–H groups in total. The van der Waals surface area contributed by atoms with E-state index >= 15 is 0 Å². The molecule has 0 spiro atoms. The van der Waals surface area contributed by atoms with E-state index in [1.807, 2.05) is 24.3 Å². The van der Waals surface area contributed by atoms with Gasteiger partial charge in [0.15, 0.2) is 0 Å². The summed E-state index contributed by atoms with van der Waals surface area (Å²) < 4.78 is 0. The second-order valence-corrected chi connectivity index (χ2v) is 4.36. The van der Waals surface area contributed by atoms with Crippen LogP contribution in [0.4, 0.5) is 0 Å². The lowest BCUT2D eigenvalue weighted by Crippen LogP contribution is -2.19. The van der Waals surface area contributed by atoms with Gasteiger partial charge in [-0.2, -0.15) is 12.6 Å². The van der Waals surface area contributed by atoms with E-state index in [4.69, 9.17) is 0 Å². The Morgan fingerprint density at radius 2 is 1.93 bits per heavy atom. The van der Waals surface area contributed by atoms with E-state index in [1.54, 1.807) is 0 Å². The van der Waals surface area contributed by atoms with Crippen molar-refractivity contribution in [3.05, 3.63) is 35.4 Å². The van der Waals surface area contributed by atoms with Gasteiger partial charge in [0.25, 0.3) is 0 Å². The Labute approximate surface area is 104 Å². The number of alkyl halides is 1. The van der Waals surface area contributed by atoms with Crippen molar-refractivity contribution >= 4 is 28.6 Å². The Kier molecular flexibility index (Phi) is 5.68. The van der Waals surface area contributed by atoms with Gasteiger partial charge >= 0.3 is 0 Å². The van der Waals surface area contributed by atoms with Crippen LogP contribution in [0.2, 0.25) is 0 Å². The van der Waals surface area contributed by atoms with Crippen LogP contribution in [-0.4, -0.2) is 22.1 Å². The minimum absolute atomic E-state index is 0.487. The van der Waals surface area contributed by atoms with E-state index in [-0.39, 0.29) is 0 Å². The molecule has 4 heteroatoms. The molecule has 0 aliphatic rings. The fourth-order valence-electron chi connectivity index (χ4n) is 1.44. The number of halogens is 1. The first-order valence-electron chi connectivity index (χ1n) is 4.81. The minimum Gasteiger partial charge on any atom is -0.390 e. The number of hydrogen-bond donors (Lipinski definition) is 3. The normalized spacial score (nSPS) is 14.9. The summed E-state index contributed by atoms with van der Waals surface area (Å²) in [7, 11) is 0. The van der Waals surface area contributed by atoms with Crippen molar-refractivity contribution in [1.29, 1.82) is 0 Å². The van der Waals surface area contributed by atoms with Crippen LogP contribution in [0.3, 0.4) is 0 Å². The molecule has 2 unspecified atom stereocenters. The van der Waals surface area contributed by atoms with Crippen LogP contribution in [0.1, 0.15) is 23.7 Å². The molecule has 2 nitrogen and oxygen atoms in total. The third-order valence-electron chi connectivity index (χ3n) is 2.31. The molecule has 15 heavy (non-hydrogen) atoms. The van der Waals surface area contributed by atoms with Crippen LogP contribution in [0.5, 0.6) is 0 Å². The average molecular weight is 291 g/mol. The van der Waals surface area contributed by atoms with Crippen LogP contribution in [0, 0.1) is 0 Å². The quantitative estimate of drug-likeness (QED) is 0.575. The van der Waals surface area contributed by atoms with Gasteiger partial charge in [-0.15, -0.1) is 0 Å². The highest BCUT2D eigenvalue weighted by Gasteiger charge is 2.19. The van der Waals surface area contributed by atoms with E-state index in [2.05, 4.69) is 28.6 Å². The number of aliphatic hydroxyl groups is 2. The molecule has 0 aliphatic heterocycles. The topological polar surface area (TPSA) is 40.5 Å². The van der Waals surface area contributed by atoms with Crippen LogP contribution in [0.25, 0.3) is 0 Å². The lowest BCUT2D eigenvalue weighted by molar-refractivity contribution is 0.0168. The van der Waals surface area contributed by atoms with Crippen LogP contribution < -0.4 is 0 Å². The first-order valence-corrected chi connectivity index (χ1v) is 6.56. The summed E-state index contributed by atoms with van der Waals surface area (Å²) in [5.74, 6) is 0.564. The molecule has 0 heterocycles. The summed E-state index contributed by atoms with van der Waals surface area (Å²) in [4.78, 5) is 0. The zero-order valence-corrected chi connectivity index (χ0v) is 10.8. The van der Waals surface area contributed by atoms with E-state index < -0.39 is 12.2 Å². The Bertz CT molecular complexity index is 306. The summed E-state index contributed by atoms with van der Waals surface area (Å²) in [5.41, 5.74) is 1.78. The van der Waals surface area contributed by atoms with Gasteiger partial charge in [-0.3, -0.25) is 0 Å². The van der Waals surface area contributed by atoms with E-state index in [0.717, 1.165) is 11.1 Å². The Hall–Kier alpha value is -0.0300. The summed E-state index contributed by atoms with van der Waals surface area (Å²) in [6.07, 6.45) is -1.09. The van der Waals surface area contributed by atoms with Gasteiger partial charge in [0, 0.05) is 5.33 Å². The largest absolute Gasteiger partial charge is 0.390 e. The van der Waals surface area contributed by atoms with Crippen molar-refractivity contribution in [2.24, 2.45) is 0 Å². The van der Waals surface area contributed by atoms with Crippen LogP contribution in [-0.2, 0) is 5.33 Å². The highest BCUT2D eigenvalue weighted by molar-refractivity contribution is 9.08. The van der Waals surface area contributed by atoms with Gasteiger partial charge in [-0.25, -0.2) is 0 Å². The Balaban J connectivity index is 2.84. The summed E-state index contributed by atoms with van der Waals surface area (Å²) >= 11 is 7.39. The molecule has 0 saturated carbocycles.